The first kappa shape index (κ1) is 11.2. The summed E-state index contributed by atoms with van der Waals surface area (Å²) in [5, 5.41) is 0. The van der Waals surface area contributed by atoms with Gasteiger partial charge >= 0.3 is 0 Å². The van der Waals surface area contributed by atoms with E-state index < -0.39 is 0 Å². The summed E-state index contributed by atoms with van der Waals surface area (Å²) in [6.45, 7) is 10.3. The van der Waals surface area contributed by atoms with Crippen LogP contribution in [0.5, 0.6) is 0 Å². The molecule has 2 aliphatic rings. The van der Waals surface area contributed by atoms with Gasteiger partial charge in [0, 0.05) is 5.92 Å². The van der Waals surface area contributed by atoms with Crippen LogP contribution in [0.2, 0.25) is 0 Å². The van der Waals surface area contributed by atoms with E-state index in [1.807, 2.05) is 0 Å². The molecule has 86 valence electrons. The van der Waals surface area contributed by atoms with Crippen molar-refractivity contribution in [3.8, 4) is 0 Å². The molecule has 0 amide bonds. The summed E-state index contributed by atoms with van der Waals surface area (Å²) in [6.07, 6.45) is 5.44. The summed E-state index contributed by atoms with van der Waals surface area (Å²) in [5.74, 6) is 2.97. The molecule has 15 heavy (non-hydrogen) atoms. The number of hydrogen-bond donors (Lipinski definition) is 0. The minimum Gasteiger partial charge on any atom is -0.377 e. The van der Waals surface area contributed by atoms with E-state index in [2.05, 4.69) is 33.8 Å². The standard InChI is InChI=1S/C14H24O/c1-5-6-13-14-10(3)7-9(2)12(8-15-13)11(14)4/h7,9,11-14H,5-6,8H2,1-4H3/t9-,11-,12+,13+,14+/m1/s1. The fraction of sp³-hybridized carbons (Fsp3) is 0.857. The van der Waals surface area contributed by atoms with Gasteiger partial charge in [-0.3, -0.25) is 0 Å². The lowest BCUT2D eigenvalue weighted by atomic mass is 9.65. The predicted octanol–water partition coefficient (Wildman–Crippen LogP) is 3.65. The normalized spacial score (nSPS) is 45.1. The highest BCUT2D eigenvalue weighted by Gasteiger charge is 2.42. The Morgan fingerprint density at radius 1 is 1.40 bits per heavy atom. The fourth-order valence-electron chi connectivity index (χ4n) is 3.63. The number of ether oxygens (including phenoxy) is 1. The van der Waals surface area contributed by atoms with Gasteiger partial charge in [0.1, 0.15) is 0 Å². The topological polar surface area (TPSA) is 9.23 Å². The van der Waals surface area contributed by atoms with E-state index >= 15 is 0 Å². The monoisotopic (exact) mass is 208 g/mol. The van der Waals surface area contributed by atoms with Gasteiger partial charge in [0.2, 0.25) is 0 Å². The van der Waals surface area contributed by atoms with Crippen LogP contribution < -0.4 is 0 Å². The summed E-state index contributed by atoms with van der Waals surface area (Å²) in [6, 6.07) is 0. The smallest absolute Gasteiger partial charge is 0.0642 e. The fourth-order valence-corrected chi connectivity index (χ4v) is 3.63. The van der Waals surface area contributed by atoms with Gasteiger partial charge in [-0.25, -0.2) is 0 Å². The Bertz CT molecular complexity index is 256. The molecule has 1 aliphatic carbocycles. The number of allylic oxidation sites excluding steroid dienone is 1. The van der Waals surface area contributed by atoms with Crippen LogP contribution in [0.15, 0.2) is 11.6 Å². The minimum absolute atomic E-state index is 0.491. The summed E-state index contributed by atoms with van der Waals surface area (Å²) >= 11 is 0. The number of rotatable bonds is 2. The van der Waals surface area contributed by atoms with E-state index in [-0.39, 0.29) is 0 Å². The molecule has 0 aromatic heterocycles. The van der Waals surface area contributed by atoms with E-state index in [0.29, 0.717) is 17.9 Å². The maximum absolute atomic E-state index is 6.06. The van der Waals surface area contributed by atoms with E-state index in [9.17, 15) is 0 Å². The van der Waals surface area contributed by atoms with Crippen LogP contribution in [0, 0.1) is 23.7 Å². The van der Waals surface area contributed by atoms with Crippen molar-refractivity contribution in [3.05, 3.63) is 11.6 Å². The average Bonchev–Trinajstić information content (AvgIpc) is 2.15. The molecule has 0 aromatic rings. The molecule has 0 unspecified atom stereocenters. The Morgan fingerprint density at radius 2 is 2.13 bits per heavy atom. The summed E-state index contributed by atoms with van der Waals surface area (Å²) in [5.41, 5.74) is 1.57. The van der Waals surface area contributed by atoms with Crippen LogP contribution in [0.4, 0.5) is 0 Å². The Kier molecular flexibility index (Phi) is 3.20. The summed E-state index contributed by atoms with van der Waals surface area (Å²) in [4.78, 5) is 0. The maximum atomic E-state index is 6.06. The molecule has 1 heteroatoms. The lowest BCUT2D eigenvalue weighted by molar-refractivity contribution is -0.0939. The molecule has 2 bridgehead atoms. The highest BCUT2D eigenvalue weighted by molar-refractivity contribution is 5.16. The van der Waals surface area contributed by atoms with E-state index in [1.165, 1.54) is 12.8 Å². The summed E-state index contributed by atoms with van der Waals surface area (Å²) < 4.78 is 6.06. The molecule has 2 rings (SSSR count). The van der Waals surface area contributed by atoms with Crippen molar-refractivity contribution >= 4 is 0 Å². The first-order chi connectivity index (χ1) is 7.15. The molecular formula is C14H24O. The van der Waals surface area contributed by atoms with E-state index in [1.54, 1.807) is 5.57 Å². The van der Waals surface area contributed by atoms with Gasteiger partial charge in [0.05, 0.1) is 12.7 Å². The zero-order valence-electron chi connectivity index (χ0n) is 10.5. The molecule has 0 spiro atoms. The van der Waals surface area contributed by atoms with Gasteiger partial charge in [-0.1, -0.05) is 38.8 Å². The average molecular weight is 208 g/mol. The van der Waals surface area contributed by atoms with Gasteiger partial charge < -0.3 is 4.74 Å². The number of hydrogen-bond acceptors (Lipinski definition) is 1. The first-order valence-corrected chi connectivity index (χ1v) is 6.45. The highest BCUT2D eigenvalue weighted by Crippen LogP contribution is 2.45. The molecule has 1 nitrogen and oxygen atoms in total. The SMILES string of the molecule is CCC[C@@H]1OC[C@@H]2[C@@H](C)[C@@H]1C(C)=C[C@H]2C. The van der Waals surface area contributed by atoms with Crippen molar-refractivity contribution in [2.45, 2.75) is 46.6 Å². The van der Waals surface area contributed by atoms with Gasteiger partial charge in [-0.05, 0) is 31.1 Å². The molecule has 0 N–H and O–H groups in total. The molecule has 1 saturated heterocycles. The molecule has 1 heterocycles. The number of fused-ring (bicyclic) bond motifs is 2. The highest BCUT2D eigenvalue weighted by atomic mass is 16.5. The second-order valence-electron chi connectivity index (χ2n) is 5.48. The van der Waals surface area contributed by atoms with Crippen molar-refractivity contribution in [2.24, 2.45) is 23.7 Å². The summed E-state index contributed by atoms with van der Waals surface area (Å²) in [7, 11) is 0. The molecule has 1 aliphatic heterocycles. The Hall–Kier alpha value is -0.300. The van der Waals surface area contributed by atoms with Crippen LogP contribution in [0.3, 0.4) is 0 Å². The molecule has 0 aromatic carbocycles. The van der Waals surface area contributed by atoms with Crippen molar-refractivity contribution in [1.82, 2.24) is 0 Å². The Morgan fingerprint density at radius 3 is 2.80 bits per heavy atom. The lowest BCUT2D eigenvalue weighted by Gasteiger charge is -2.47. The largest absolute Gasteiger partial charge is 0.377 e. The van der Waals surface area contributed by atoms with Crippen molar-refractivity contribution in [1.29, 1.82) is 0 Å². The van der Waals surface area contributed by atoms with Crippen LogP contribution in [0.25, 0.3) is 0 Å². The molecule has 0 radical (unpaired) electrons. The minimum atomic E-state index is 0.491. The van der Waals surface area contributed by atoms with Crippen molar-refractivity contribution < 1.29 is 4.74 Å². The zero-order valence-corrected chi connectivity index (χ0v) is 10.5. The van der Waals surface area contributed by atoms with Gasteiger partial charge in [0.25, 0.3) is 0 Å². The van der Waals surface area contributed by atoms with Gasteiger partial charge in [-0.2, -0.15) is 0 Å². The third kappa shape index (κ3) is 1.87. The predicted molar refractivity (Wildman–Crippen MR) is 63.7 cm³/mol. The van der Waals surface area contributed by atoms with Crippen LogP contribution in [-0.2, 0) is 4.74 Å². The quantitative estimate of drug-likeness (QED) is 0.629. The van der Waals surface area contributed by atoms with E-state index in [4.69, 9.17) is 4.74 Å². The lowest BCUT2D eigenvalue weighted by Crippen LogP contribution is -2.46. The van der Waals surface area contributed by atoms with Crippen molar-refractivity contribution in [2.75, 3.05) is 6.61 Å². The van der Waals surface area contributed by atoms with Crippen LogP contribution >= 0.6 is 0 Å². The van der Waals surface area contributed by atoms with Gasteiger partial charge in [-0.15, -0.1) is 0 Å². The third-order valence-corrected chi connectivity index (χ3v) is 4.45. The van der Waals surface area contributed by atoms with Gasteiger partial charge in [0.15, 0.2) is 0 Å². The third-order valence-electron chi connectivity index (χ3n) is 4.45. The Labute approximate surface area is 93.9 Å². The molecule has 0 saturated carbocycles. The zero-order chi connectivity index (χ0) is 11.0. The molecule has 5 atom stereocenters. The maximum Gasteiger partial charge on any atom is 0.0642 e. The Balaban J connectivity index is 2.22. The van der Waals surface area contributed by atoms with Crippen LogP contribution in [0.1, 0.15) is 40.5 Å². The molecular weight excluding hydrogens is 184 g/mol. The second kappa shape index (κ2) is 4.29. The van der Waals surface area contributed by atoms with Crippen LogP contribution in [-0.4, -0.2) is 12.7 Å². The molecule has 1 fully saturated rings. The second-order valence-corrected chi connectivity index (χ2v) is 5.48. The first-order valence-electron chi connectivity index (χ1n) is 6.45. The van der Waals surface area contributed by atoms with Crippen molar-refractivity contribution in [3.63, 3.8) is 0 Å². The van der Waals surface area contributed by atoms with E-state index in [0.717, 1.165) is 18.4 Å².